The van der Waals surface area contributed by atoms with Crippen LogP contribution < -0.4 is 27.0 Å². The summed E-state index contributed by atoms with van der Waals surface area (Å²) in [5.41, 5.74) is 6.79. The number of nitrogens with zero attached hydrogens (tertiary/aromatic N) is 1. The number of aliphatic carboxylic acids is 1. The summed E-state index contributed by atoms with van der Waals surface area (Å²) in [5, 5.41) is 19.9. The fourth-order valence-corrected chi connectivity index (χ4v) is 7.45. The standard InChI is InChI=1S/C51H91N7O13/c1-42(59)43(36-46(60)45(52)37-44-38-53-41-58-44)20-16-18-24-54-49(63)39-70-34-32-69-31-26-56-48(62)22-17-19-28-67-29-27-57-50(64)40-71-35-33-68-30-25-55-47(61)21-14-12-10-8-6-4-2-3-5-7-9-11-13-15-23-51(65)66/h38,41,43,45H,2-37,39-40,52H2,1H3,(H,53,58)(H,54,63)(H,55,61)(H,56,62)(H,57,64)(H,65,66)/t43-,45+/m1/s1. The number of carboxylic acids is 1. The monoisotopic (exact) mass is 1010 g/mol. The Morgan fingerprint density at radius 2 is 0.972 bits per heavy atom. The van der Waals surface area contributed by atoms with Crippen LogP contribution in [0.3, 0.4) is 0 Å². The molecule has 0 aliphatic carbocycles. The molecule has 0 spiro atoms. The molecule has 20 heteroatoms. The van der Waals surface area contributed by atoms with Crippen molar-refractivity contribution in [3.05, 3.63) is 18.2 Å². The minimum Gasteiger partial charge on any atom is -0.481 e. The highest BCUT2D eigenvalue weighted by Crippen LogP contribution is 2.17. The average Bonchev–Trinajstić information content (AvgIpc) is 3.86. The van der Waals surface area contributed by atoms with Gasteiger partial charge in [0, 0.05) is 82.7 Å². The molecule has 1 heterocycles. The lowest BCUT2D eigenvalue weighted by Crippen LogP contribution is -2.35. The van der Waals surface area contributed by atoms with Crippen molar-refractivity contribution in [1.82, 2.24) is 31.2 Å². The highest BCUT2D eigenvalue weighted by molar-refractivity contribution is 5.89. The quantitative estimate of drug-likeness (QED) is 0.0437. The van der Waals surface area contributed by atoms with Crippen molar-refractivity contribution < 1.29 is 62.4 Å². The maximum atomic E-state index is 12.5. The molecule has 1 aromatic heterocycles. The van der Waals surface area contributed by atoms with Crippen LogP contribution in [-0.2, 0) is 63.7 Å². The first-order chi connectivity index (χ1) is 34.5. The first-order valence-corrected chi connectivity index (χ1v) is 26.4. The number of Topliss-reactive ketones (excluding diaryl/α,β-unsaturated/α-hetero) is 2. The Hall–Kier alpha value is -4.34. The van der Waals surface area contributed by atoms with Gasteiger partial charge in [0.05, 0.1) is 58.6 Å². The number of H-pyrrole nitrogens is 1. The Kier molecular flexibility index (Phi) is 42.6. The van der Waals surface area contributed by atoms with Gasteiger partial charge in [-0.2, -0.15) is 0 Å². The van der Waals surface area contributed by atoms with Gasteiger partial charge in [-0.15, -0.1) is 0 Å². The highest BCUT2D eigenvalue weighted by Gasteiger charge is 2.23. The van der Waals surface area contributed by atoms with E-state index >= 15 is 0 Å². The number of amides is 4. The summed E-state index contributed by atoms with van der Waals surface area (Å²) in [4.78, 5) is 90.2. The van der Waals surface area contributed by atoms with E-state index in [1.165, 1.54) is 64.6 Å². The summed E-state index contributed by atoms with van der Waals surface area (Å²) in [7, 11) is 0. The number of carboxylic acid groups (broad SMARTS) is 1. The van der Waals surface area contributed by atoms with Gasteiger partial charge in [-0.05, 0) is 45.4 Å². The van der Waals surface area contributed by atoms with Crippen LogP contribution in [0.15, 0.2) is 12.5 Å². The van der Waals surface area contributed by atoms with E-state index in [4.69, 9.17) is 34.5 Å². The number of rotatable bonds is 52. The van der Waals surface area contributed by atoms with Crippen molar-refractivity contribution in [2.45, 2.75) is 167 Å². The third-order valence-corrected chi connectivity index (χ3v) is 11.6. The van der Waals surface area contributed by atoms with Gasteiger partial charge in [-0.1, -0.05) is 83.5 Å². The van der Waals surface area contributed by atoms with Crippen molar-refractivity contribution >= 4 is 41.2 Å². The summed E-state index contributed by atoms with van der Waals surface area (Å²) < 4.78 is 27.2. The average molecular weight is 1010 g/mol. The van der Waals surface area contributed by atoms with Gasteiger partial charge in [0.1, 0.15) is 19.0 Å². The number of carbonyl (C=O) groups excluding carboxylic acids is 6. The fourth-order valence-electron chi connectivity index (χ4n) is 7.45. The lowest BCUT2D eigenvalue weighted by molar-refractivity contribution is -0.137. The predicted octanol–water partition coefficient (Wildman–Crippen LogP) is 4.66. The van der Waals surface area contributed by atoms with Crippen LogP contribution in [0.5, 0.6) is 0 Å². The van der Waals surface area contributed by atoms with E-state index < -0.39 is 17.9 Å². The van der Waals surface area contributed by atoms with Gasteiger partial charge >= 0.3 is 5.97 Å². The zero-order valence-electron chi connectivity index (χ0n) is 43.1. The molecule has 0 radical (unpaired) electrons. The third-order valence-electron chi connectivity index (χ3n) is 11.6. The van der Waals surface area contributed by atoms with Gasteiger partial charge in [0.15, 0.2) is 5.78 Å². The lowest BCUT2D eigenvalue weighted by atomic mass is 9.90. The van der Waals surface area contributed by atoms with Crippen LogP contribution in [0.2, 0.25) is 0 Å². The highest BCUT2D eigenvalue weighted by atomic mass is 16.5. The van der Waals surface area contributed by atoms with Crippen molar-refractivity contribution in [1.29, 1.82) is 0 Å². The molecule has 0 fully saturated rings. The molecule has 1 aromatic rings. The third kappa shape index (κ3) is 43.0. The summed E-state index contributed by atoms with van der Waals surface area (Å²) in [6, 6.07) is -0.700. The van der Waals surface area contributed by atoms with Crippen molar-refractivity contribution in [3.63, 3.8) is 0 Å². The second-order valence-corrected chi connectivity index (χ2v) is 18.0. The summed E-state index contributed by atoms with van der Waals surface area (Å²) in [6.07, 6.45) is 24.1. The molecular formula is C51H91N7O13. The summed E-state index contributed by atoms with van der Waals surface area (Å²) in [6.45, 7) is 5.46. The Bertz CT molecular complexity index is 1540. The Balaban J connectivity index is 1.80. The zero-order valence-corrected chi connectivity index (χ0v) is 43.1. The SMILES string of the molecule is CC(=O)[C@H](CCCCNC(=O)COCCOCCNC(=O)CCCCOCCNC(=O)COCCOCCNC(=O)CCCCCCCCCCCCCCCCC(=O)O)CC(=O)[C@@H](N)Cc1cnc[nH]1. The van der Waals surface area contributed by atoms with Gasteiger partial charge in [0.25, 0.3) is 0 Å². The van der Waals surface area contributed by atoms with E-state index in [0.717, 1.165) is 44.2 Å². The number of ether oxygens (including phenoxy) is 5. The normalized spacial score (nSPS) is 12.0. The van der Waals surface area contributed by atoms with E-state index in [9.17, 15) is 33.6 Å². The number of unbranched alkanes of at least 4 members (excludes halogenated alkanes) is 15. The number of nitrogens with one attached hydrogen (secondary N) is 5. The van der Waals surface area contributed by atoms with E-state index in [0.29, 0.717) is 117 Å². The molecule has 408 valence electrons. The van der Waals surface area contributed by atoms with Crippen LogP contribution >= 0.6 is 0 Å². The molecule has 1 rings (SSSR count). The molecular weight excluding hydrogens is 919 g/mol. The largest absolute Gasteiger partial charge is 0.481 e. The Morgan fingerprint density at radius 3 is 1.45 bits per heavy atom. The maximum Gasteiger partial charge on any atom is 0.303 e. The predicted molar refractivity (Wildman–Crippen MR) is 269 cm³/mol. The molecule has 0 saturated heterocycles. The molecule has 71 heavy (non-hydrogen) atoms. The van der Waals surface area contributed by atoms with Crippen LogP contribution in [-0.4, -0.2) is 155 Å². The zero-order chi connectivity index (χ0) is 51.8. The summed E-state index contributed by atoms with van der Waals surface area (Å²) in [5.74, 6) is -1.86. The molecule has 8 N–H and O–H groups in total. The Labute approximate surface area is 422 Å². The van der Waals surface area contributed by atoms with E-state index in [1.54, 1.807) is 6.20 Å². The number of ketones is 2. The van der Waals surface area contributed by atoms with Crippen molar-refractivity contribution in [2.24, 2.45) is 11.7 Å². The molecule has 0 aromatic carbocycles. The second kappa shape index (κ2) is 46.7. The number of imidazole rings is 1. The lowest BCUT2D eigenvalue weighted by Gasteiger charge is -2.16. The minimum absolute atomic E-state index is 0.0400. The minimum atomic E-state index is -0.700. The smallest absolute Gasteiger partial charge is 0.303 e. The number of aromatic amines is 1. The first kappa shape index (κ1) is 64.7. The second-order valence-electron chi connectivity index (χ2n) is 18.0. The molecule has 4 amide bonds. The number of hydrogen-bond acceptors (Lipinski definition) is 14. The molecule has 0 aliphatic heterocycles. The molecule has 0 aliphatic rings. The van der Waals surface area contributed by atoms with E-state index in [-0.39, 0.29) is 74.7 Å². The number of carbonyl (C=O) groups is 7. The maximum absolute atomic E-state index is 12.5. The fraction of sp³-hybridized carbons (Fsp3) is 0.804. The van der Waals surface area contributed by atoms with Gasteiger partial charge in [-0.3, -0.25) is 33.6 Å². The topological polar surface area (TPSA) is 289 Å². The van der Waals surface area contributed by atoms with Gasteiger partial charge in [-0.25, -0.2) is 4.98 Å². The van der Waals surface area contributed by atoms with E-state index in [1.807, 2.05) is 0 Å². The van der Waals surface area contributed by atoms with Gasteiger partial charge in [0.2, 0.25) is 23.6 Å². The van der Waals surface area contributed by atoms with E-state index in [2.05, 4.69) is 31.2 Å². The van der Waals surface area contributed by atoms with Gasteiger partial charge < -0.3 is 60.8 Å². The van der Waals surface area contributed by atoms with Crippen molar-refractivity contribution in [3.8, 4) is 0 Å². The molecule has 0 bridgehead atoms. The van der Waals surface area contributed by atoms with Crippen LogP contribution in [0.4, 0.5) is 0 Å². The van der Waals surface area contributed by atoms with Crippen LogP contribution in [0, 0.1) is 5.92 Å². The summed E-state index contributed by atoms with van der Waals surface area (Å²) >= 11 is 0. The number of nitrogens with two attached hydrogens (primary N) is 1. The molecule has 0 saturated carbocycles. The molecule has 0 unspecified atom stereocenters. The van der Waals surface area contributed by atoms with Crippen molar-refractivity contribution in [2.75, 3.05) is 92.2 Å². The molecule has 2 atom stereocenters. The molecule has 20 nitrogen and oxygen atoms in total. The van der Waals surface area contributed by atoms with Crippen LogP contribution in [0.1, 0.15) is 160 Å². The number of hydrogen-bond donors (Lipinski definition) is 7. The first-order valence-electron chi connectivity index (χ1n) is 26.4. The Morgan fingerprint density at radius 1 is 0.535 bits per heavy atom. The van der Waals surface area contributed by atoms with Crippen LogP contribution in [0.25, 0.3) is 0 Å². The number of aromatic nitrogens is 2.